The van der Waals surface area contributed by atoms with Crippen molar-refractivity contribution in [2.24, 2.45) is 7.05 Å². The Kier molecular flexibility index (Phi) is 5.33. The number of H-pyrrole nitrogens is 1. The molecule has 0 radical (unpaired) electrons. The first-order valence-electron chi connectivity index (χ1n) is 9.95. The average molecular weight is 416 g/mol. The number of nitrogens with one attached hydrogen (secondary N) is 2. The van der Waals surface area contributed by atoms with Crippen LogP contribution >= 0.6 is 0 Å². The normalized spacial score (nSPS) is 11.0. The van der Waals surface area contributed by atoms with Crippen molar-refractivity contribution in [3.8, 4) is 17.0 Å². The number of rotatable bonds is 5. The van der Waals surface area contributed by atoms with E-state index in [9.17, 15) is 9.59 Å². The van der Waals surface area contributed by atoms with E-state index in [1.165, 1.54) is 0 Å². The SMILES string of the molecule is COc1cccc(-c2cc3c(ccn3C)c(C(=O)NCc3c(C)cc(C)[nH]c3=O)n2)c1. The highest BCUT2D eigenvalue weighted by Gasteiger charge is 2.17. The van der Waals surface area contributed by atoms with Crippen LogP contribution in [0.2, 0.25) is 0 Å². The lowest BCUT2D eigenvalue weighted by Gasteiger charge is -2.11. The van der Waals surface area contributed by atoms with E-state index in [2.05, 4.69) is 15.3 Å². The lowest BCUT2D eigenvalue weighted by Crippen LogP contribution is -2.28. The van der Waals surface area contributed by atoms with Crippen LogP contribution in [0.3, 0.4) is 0 Å². The number of pyridine rings is 2. The van der Waals surface area contributed by atoms with Gasteiger partial charge in [-0.3, -0.25) is 9.59 Å². The summed E-state index contributed by atoms with van der Waals surface area (Å²) in [5, 5.41) is 3.61. The Morgan fingerprint density at radius 1 is 1.19 bits per heavy atom. The maximum atomic E-state index is 13.1. The quantitative estimate of drug-likeness (QED) is 0.521. The van der Waals surface area contributed by atoms with E-state index in [1.807, 2.05) is 74.1 Å². The van der Waals surface area contributed by atoms with Crippen LogP contribution in [0.15, 0.2) is 53.5 Å². The predicted molar refractivity (Wildman–Crippen MR) is 120 cm³/mol. The van der Waals surface area contributed by atoms with Crippen LogP contribution in [-0.2, 0) is 13.6 Å². The van der Waals surface area contributed by atoms with Crippen molar-refractivity contribution in [2.45, 2.75) is 20.4 Å². The molecule has 0 bridgehead atoms. The summed E-state index contributed by atoms with van der Waals surface area (Å²) in [6, 6.07) is 13.3. The molecular formula is C24H24N4O3. The Morgan fingerprint density at radius 3 is 2.74 bits per heavy atom. The number of hydrogen-bond donors (Lipinski definition) is 2. The van der Waals surface area contributed by atoms with E-state index in [0.717, 1.165) is 27.7 Å². The van der Waals surface area contributed by atoms with Crippen molar-refractivity contribution in [1.29, 1.82) is 0 Å². The number of benzene rings is 1. The standard InChI is InChI=1S/C24H24N4O3/c1-14-10-15(2)26-23(29)19(14)13-25-24(30)22-18-8-9-28(3)21(18)12-20(27-22)16-6-5-7-17(11-16)31-4/h5-12H,13H2,1-4H3,(H,25,30)(H,26,29). The van der Waals surface area contributed by atoms with E-state index >= 15 is 0 Å². The van der Waals surface area contributed by atoms with Crippen molar-refractivity contribution < 1.29 is 9.53 Å². The Morgan fingerprint density at radius 2 is 2.00 bits per heavy atom. The summed E-state index contributed by atoms with van der Waals surface area (Å²) in [6.07, 6.45) is 1.90. The molecule has 7 heteroatoms. The molecule has 1 aromatic carbocycles. The zero-order valence-electron chi connectivity index (χ0n) is 17.9. The number of carbonyl (C=O) groups excluding carboxylic acids is 1. The van der Waals surface area contributed by atoms with Crippen LogP contribution in [0.5, 0.6) is 5.75 Å². The van der Waals surface area contributed by atoms with Crippen LogP contribution in [-0.4, -0.2) is 27.6 Å². The van der Waals surface area contributed by atoms with Crippen molar-refractivity contribution in [1.82, 2.24) is 19.9 Å². The molecule has 2 N–H and O–H groups in total. The molecule has 0 aliphatic carbocycles. The summed E-state index contributed by atoms with van der Waals surface area (Å²) in [5.41, 5.74) is 4.69. The van der Waals surface area contributed by atoms with Crippen molar-refractivity contribution in [2.75, 3.05) is 7.11 Å². The molecule has 0 saturated heterocycles. The van der Waals surface area contributed by atoms with Gasteiger partial charge in [0.25, 0.3) is 11.5 Å². The molecule has 1 amide bonds. The highest BCUT2D eigenvalue weighted by atomic mass is 16.5. The van der Waals surface area contributed by atoms with Gasteiger partial charge in [0.05, 0.1) is 18.3 Å². The van der Waals surface area contributed by atoms with Gasteiger partial charge in [0.1, 0.15) is 11.4 Å². The van der Waals surface area contributed by atoms with Gasteiger partial charge >= 0.3 is 0 Å². The minimum atomic E-state index is -0.333. The molecule has 4 rings (SSSR count). The Balaban J connectivity index is 1.72. The van der Waals surface area contributed by atoms with E-state index < -0.39 is 0 Å². The molecule has 3 aromatic heterocycles. The van der Waals surface area contributed by atoms with Gasteiger partial charge in [-0.2, -0.15) is 0 Å². The molecule has 0 aliphatic rings. The number of ether oxygens (including phenoxy) is 1. The molecule has 0 aliphatic heterocycles. The van der Waals surface area contributed by atoms with Gasteiger partial charge in [-0.05, 0) is 49.7 Å². The summed E-state index contributed by atoms with van der Waals surface area (Å²) in [4.78, 5) is 32.8. The maximum absolute atomic E-state index is 13.1. The number of methoxy groups -OCH3 is 1. The zero-order chi connectivity index (χ0) is 22.1. The van der Waals surface area contributed by atoms with Gasteiger partial charge in [-0.25, -0.2) is 4.98 Å². The van der Waals surface area contributed by atoms with Gasteiger partial charge in [0, 0.05) is 42.0 Å². The van der Waals surface area contributed by atoms with Crippen LogP contribution in [0, 0.1) is 13.8 Å². The van der Waals surface area contributed by atoms with Gasteiger partial charge in [-0.1, -0.05) is 12.1 Å². The van der Waals surface area contributed by atoms with E-state index in [-0.39, 0.29) is 18.0 Å². The number of aryl methyl sites for hydroxylation is 3. The maximum Gasteiger partial charge on any atom is 0.270 e. The van der Waals surface area contributed by atoms with Crippen LogP contribution in [0.25, 0.3) is 22.2 Å². The highest BCUT2D eigenvalue weighted by molar-refractivity contribution is 6.05. The predicted octanol–water partition coefficient (Wildman–Crippen LogP) is 3.48. The number of fused-ring (bicyclic) bond motifs is 1. The first-order valence-corrected chi connectivity index (χ1v) is 9.95. The van der Waals surface area contributed by atoms with Crippen LogP contribution in [0.1, 0.15) is 27.3 Å². The second-order valence-electron chi connectivity index (χ2n) is 7.57. The summed E-state index contributed by atoms with van der Waals surface area (Å²) in [6.45, 7) is 3.82. The minimum absolute atomic E-state index is 0.125. The molecule has 31 heavy (non-hydrogen) atoms. The fourth-order valence-electron chi connectivity index (χ4n) is 3.72. The third-order valence-electron chi connectivity index (χ3n) is 5.38. The fraction of sp³-hybridized carbons (Fsp3) is 0.208. The first kappa shape index (κ1) is 20.4. The smallest absolute Gasteiger partial charge is 0.270 e. The Bertz CT molecular complexity index is 1350. The van der Waals surface area contributed by atoms with E-state index in [1.54, 1.807) is 7.11 Å². The molecule has 0 atom stereocenters. The van der Waals surface area contributed by atoms with Gasteiger partial charge in [0.15, 0.2) is 0 Å². The highest BCUT2D eigenvalue weighted by Crippen LogP contribution is 2.27. The molecule has 158 valence electrons. The van der Waals surface area contributed by atoms with Crippen LogP contribution < -0.4 is 15.6 Å². The van der Waals surface area contributed by atoms with E-state index in [4.69, 9.17) is 4.74 Å². The van der Waals surface area contributed by atoms with Gasteiger partial charge in [-0.15, -0.1) is 0 Å². The third kappa shape index (κ3) is 3.94. The molecule has 0 spiro atoms. The van der Waals surface area contributed by atoms with Crippen LogP contribution in [0.4, 0.5) is 0 Å². The van der Waals surface area contributed by atoms with Crippen molar-refractivity contribution >= 4 is 16.8 Å². The molecule has 0 fully saturated rings. The number of amides is 1. The number of carbonyl (C=O) groups is 1. The minimum Gasteiger partial charge on any atom is -0.497 e. The zero-order valence-corrected chi connectivity index (χ0v) is 17.9. The number of nitrogens with zero attached hydrogens (tertiary/aromatic N) is 2. The number of aromatic amines is 1. The third-order valence-corrected chi connectivity index (χ3v) is 5.38. The van der Waals surface area contributed by atoms with Gasteiger partial charge in [0.2, 0.25) is 0 Å². The lowest BCUT2D eigenvalue weighted by molar-refractivity contribution is 0.0947. The summed E-state index contributed by atoms with van der Waals surface area (Å²) in [5.74, 6) is 0.381. The first-order chi connectivity index (χ1) is 14.9. The average Bonchev–Trinajstić information content (AvgIpc) is 3.13. The van der Waals surface area contributed by atoms with Gasteiger partial charge < -0.3 is 19.6 Å². The molecule has 4 aromatic rings. The van der Waals surface area contributed by atoms with Crippen molar-refractivity contribution in [3.05, 3.63) is 81.5 Å². The lowest BCUT2D eigenvalue weighted by atomic mass is 10.1. The fourth-order valence-corrected chi connectivity index (χ4v) is 3.72. The number of hydrogen-bond acceptors (Lipinski definition) is 4. The largest absolute Gasteiger partial charge is 0.497 e. The van der Waals surface area contributed by atoms with E-state index in [0.29, 0.717) is 22.7 Å². The topological polar surface area (TPSA) is 89.0 Å². The molecular weight excluding hydrogens is 392 g/mol. The monoisotopic (exact) mass is 416 g/mol. The summed E-state index contributed by atoms with van der Waals surface area (Å²) >= 11 is 0. The number of aromatic nitrogens is 3. The van der Waals surface area contributed by atoms with Crippen molar-refractivity contribution in [3.63, 3.8) is 0 Å². The summed E-state index contributed by atoms with van der Waals surface area (Å²) in [7, 11) is 3.54. The molecule has 0 saturated carbocycles. The molecule has 0 unspecified atom stereocenters. The molecule has 3 heterocycles. The second kappa shape index (κ2) is 8.10. The second-order valence-corrected chi connectivity index (χ2v) is 7.57. The molecule has 7 nitrogen and oxygen atoms in total. The Labute approximate surface area is 179 Å². The Hall–Kier alpha value is -3.87. The summed E-state index contributed by atoms with van der Waals surface area (Å²) < 4.78 is 7.27.